The third-order valence-corrected chi connectivity index (χ3v) is 7.76. The van der Waals surface area contributed by atoms with Gasteiger partial charge in [-0.15, -0.1) is 11.3 Å². The predicted octanol–water partition coefficient (Wildman–Crippen LogP) is 6.92. The zero-order valence-corrected chi connectivity index (χ0v) is 22.6. The molecule has 0 radical (unpaired) electrons. The van der Waals surface area contributed by atoms with Crippen LogP contribution in [0.25, 0.3) is 16.1 Å². The molecule has 1 saturated carbocycles. The molecule has 5 rings (SSSR count). The van der Waals surface area contributed by atoms with Crippen molar-refractivity contribution in [1.29, 1.82) is 0 Å². The number of thiophene rings is 1. The van der Waals surface area contributed by atoms with E-state index in [9.17, 15) is 9.59 Å². The summed E-state index contributed by atoms with van der Waals surface area (Å²) < 4.78 is 12.9. The Hall–Kier alpha value is -4.11. The lowest BCUT2D eigenvalue weighted by atomic mass is 10.1. The number of imidazole rings is 1. The van der Waals surface area contributed by atoms with Crippen molar-refractivity contribution in [2.75, 3.05) is 24.4 Å². The van der Waals surface area contributed by atoms with Gasteiger partial charge in [-0.05, 0) is 80.5 Å². The molecule has 9 heteroatoms. The number of amides is 2. The molecule has 0 atom stereocenters. The first kappa shape index (κ1) is 25.5. The van der Waals surface area contributed by atoms with Gasteiger partial charge in [-0.25, -0.2) is 14.6 Å². The second kappa shape index (κ2) is 10.7. The van der Waals surface area contributed by atoms with Gasteiger partial charge in [0.05, 0.1) is 37.0 Å². The molecule has 38 heavy (non-hydrogen) atoms. The highest BCUT2D eigenvalue weighted by molar-refractivity contribution is 7.20. The molecule has 2 N–H and O–H groups in total. The van der Waals surface area contributed by atoms with Crippen molar-refractivity contribution in [3.8, 4) is 21.9 Å². The molecule has 8 nitrogen and oxygen atoms in total. The van der Waals surface area contributed by atoms with E-state index >= 15 is 0 Å². The number of anilines is 2. The molecule has 2 heterocycles. The van der Waals surface area contributed by atoms with Crippen LogP contribution in [0.2, 0.25) is 0 Å². The van der Waals surface area contributed by atoms with Crippen LogP contribution in [0.4, 0.5) is 15.5 Å². The van der Waals surface area contributed by atoms with E-state index in [-0.39, 0.29) is 6.61 Å². The molecular weight excluding hydrogens is 500 g/mol. The molecule has 0 spiro atoms. The summed E-state index contributed by atoms with van der Waals surface area (Å²) in [6.07, 6.45) is 6.11. The van der Waals surface area contributed by atoms with E-state index in [4.69, 9.17) is 9.47 Å². The Morgan fingerprint density at radius 1 is 1.11 bits per heavy atom. The zero-order valence-electron chi connectivity index (χ0n) is 21.8. The van der Waals surface area contributed by atoms with Crippen molar-refractivity contribution >= 4 is 34.0 Å². The molecule has 0 saturated heterocycles. The van der Waals surface area contributed by atoms with E-state index in [0.29, 0.717) is 27.9 Å². The number of benzene rings is 2. The van der Waals surface area contributed by atoms with Crippen LogP contribution < -0.4 is 15.4 Å². The number of aromatic nitrogens is 2. The molecular formula is C29H30N4O4S. The first-order valence-electron chi connectivity index (χ1n) is 12.6. The summed E-state index contributed by atoms with van der Waals surface area (Å²) in [5.74, 6) is 0.829. The van der Waals surface area contributed by atoms with Crippen molar-refractivity contribution < 1.29 is 19.1 Å². The molecule has 0 bridgehead atoms. The number of hydrogen-bond donors (Lipinski definition) is 2. The Morgan fingerprint density at radius 2 is 1.87 bits per heavy atom. The minimum atomic E-state index is -0.478. The number of urea groups is 1. The van der Waals surface area contributed by atoms with Crippen LogP contribution in [0.1, 0.15) is 52.9 Å². The van der Waals surface area contributed by atoms with Gasteiger partial charge in [0.1, 0.15) is 10.8 Å². The van der Waals surface area contributed by atoms with Gasteiger partial charge in [-0.3, -0.25) is 5.32 Å². The van der Waals surface area contributed by atoms with Crippen molar-refractivity contribution in [2.45, 2.75) is 39.5 Å². The first-order valence-corrected chi connectivity index (χ1v) is 13.4. The topological polar surface area (TPSA) is 94.5 Å². The molecule has 196 valence electrons. The Kier molecular flexibility index (Phi) is 7.20. The molecule has 1 aliphatic rings. The Morgan fingerprint density at radius 3 is 2.50 bits per heavy atom. The number of methoxy groups -OCH3 is 1. The van der Waals surface area contributed by atoms with E-state index in [1.54, 1.807) is 20.4 Å². The summed E-state index contributed by atoms with van der Waals surface area (Å²) in [7, 11) is 1.62. The monoisotopic (exact) mass is 530 g/mol. The maximum absolute atomic E-state index is 12.9. The second-order valence-corrected chi connectivity index (χ2v) is 10.3. The molecule has 1 aliphatic carbocycles. The predicted molar refractivity (Wildman–Crippen MR) is 150 cm³/mol. The standard InChI is InChI=1S/C29H30N4O4S/c1-5-37-28(34)25-18(3)26(21-10-13-23(24(14-21)36-4)33-15-17(2)30-16-33)38-27(25)32-29(35)31-22-11-8-20(9-12-22)19-6-7-19/h8-16,19H,5-7H2,1-4H3,(H2,31,32,35). The van der Waals surface area contributed by atoms with Crippen molar-refractivity contribution in [1.82, 2.24) is 9.55 Å². The SMILES string of the molecule is CCOC(=O)c1c(NC(=O)Nc2ccc(C3CC3)cc2)sc(-c2ccc(-n3cnc(C)c3)c(OC)c2)c1C. The minimum absolute atomic E-state index is 0.231. The smallest absolute Gasteiger partial charge is 0.341 e. The van der Waals surface area contributed by atoms with E-state index in [0.717, 1.165) is 27.4 Å². The van der Waals surface area contributed by atoms with Gasteiger partial charge in [0.15, 0.2) is 0 Å². The number of aryl methyl sites for hydroxylation is 1. The summed E-state index contributed by atoms with van der Waals surface area (Å²) in [6, 6.07) is 13.3. The summed E-state index contributed by atoms with van der Waals surface area (Å²) in [6.45, 7) is 5.77. The summed E-state index contributed by atoms with van der Waals surface area (Å²) in [5.41, 5.74) is 5.67. The van der Waals surface area contributed by atoms with Crippen LogP contribution in [0.5, 0.6) is 5.75 Å². The summed E-state index contributed by atoms with van der Waals surface area (Å²) >= 11 is 1.32. The number of nitrogens with zero attached hydrogens (tertiary/aromatic N) is 2. The van der Waals surface area contributed by atoms with Crippen molar-refractivity contribution in [3.05, 3.63) is 77.4 Å². The van der Waals surface area contributed by atoms with Crippen LogP contribution >= 0.6 is 11.3 Å². The fraction of sp³-hybridized carbons (Fsp3) is 0.276. The number of rotatable bonds is 8. The lowest BCUT2D eigenvalue weighted by Crippen LogP contribution is -2.20. The van der Waals surface area contributed by atoms with Gasteiger partial charge in [-0.1, -0.05) is 18.2 Å². The van der Waals surface area contributed by atoms with Crippen LogP contribution in [0.15, 0.2) is 55.0 Å². The maximum Gasteiger partial charge on any atom is 0.341 e. The second-order valence-electron chi connectivity index (χ2n) is 9.27. The lowest BCUT2D eigenvalue weighted by molar-refractivity contribution is 0.0527. The molecule has 2 aromatic carbocycles. The quantitative estimate of drug-likeness (QED) is 0.241. The van der Waals surface area contributed by atoms with Gasteiger partial charge >= 0.3 is 12.0 Å². The Balaban J connectivity index is 1.44. The Labute approximate surface area is 225 Å². The number of nitrogens with one attached hydrogen (secondary N) is 2. The average molecular weight is 531 g/mol. The number of carbonyl (C=O) groups is 2. The van der Waals surface area contributed by atoms with Gasteiger partial charge in [0, 0.05) is 16.8 Å². The molecule has 0 aliphatic heterocycles. The lowest BCUT2D eigenvalue weighted by Gasteiger charge is -2.11. The van der Waals surface area contributed by atoms with Crippen LogP contribution in [-0.4, -0.2) is 35.3 Å². The van der Waals surface area contributed by atoms with E-state index in [1.807, 2.05) is 67.1 Å². The molecule has 2 amide bonds. The summed E-state index contributed by atoms with van der Waals surface area (Å²) in [4.78, 5) is 31.0. The highest BCUT2D eigenvalue weighted by Crippen LogP contribution is 2.42. The third-order valence-electron chi connectivity index (χ3n) is 6.50. The van der Waals surface area contributed by atoms with E-state index in [1.165, 1.54) is 29.7 Å². The number of esters is 1. The highest BCUT2D eigenvalue weighted by atomic mass is 32.1. The van der Waals surface area contributed by atoms with Gasteiger partial charge in [0.2, 0.25) is 0 Å². The minimum Gasteiger partial charge on any atom is -0.495 e. The number of hydrogen-bond acceptors (Lipinski definition) is 6. The average Bonchev–Trinajstić information content (AvgIpc) is 3.59. The van der Waals surface area contributed by atoms with Crippen LogP contribution in [0, 0.1) is 13.8 Å². The fourth-order valence-corrected chi connectivity index (χ4v) is 5.62. The normalized spacial score (nSPS) is 12.7. The Bertz CT molecular complexity index is 1480. The zero-order chi connectivity index (χ0) is 26.8. The fourth-order valence-electron chi connectivity index (χ4n) is 4.43. The van der Waals surface area contributed by atoms with Gasteiger partial charge in [0.25, 0.3) is 0 Å². The maximum atomic E-state index is 12.9. The van der Waals surface area contributed by atoms with Crippen molar-refractivity contribution in [2.24, 2.45) is 0 Å². The molecule has 4 aromatic rings. The van der Waals surface area contributed by atoms with Gasteiger partial charge < -0.3 is 19.4 Å². The first-order chi connectivity index (χ1) is 18.4. The van der Waals surface area contributed by atoms with E-state index < -0.39 is 12.0 Å². The molecule has 1 fully saturated rings. The van der Waals surface area contributed by atoms with Crippen LogP contribution in [0.3, 0.4) is 0 Å². The van der Waals surface area contributed by atoms with Gasteiger partial charge in [-0.2, -0.15) is 0 Å². The third kappa shape index (κ3) is 5.28. The highest BCUT2D eigenvalue weighted by Gasteiger charge is 2.26. The number of ether oxygens (including phenoxy) is 2. The van der Waals surface area contributed by atoms with Crippen molar-refractivity contribution in [3.63, 3.8) is 0 Å². The summed E-state index contributed by atoms with van der Waals surface area (Å²) in [5, 5.41) is 6.16. The largest absolute Gasteiger partial charge is 0.495 e. The molecule has 2 aromatic heterocycles. The molecule has 0 unspecified atom stereocenters. The number of carbonyl (C=O) groups excluding carboxylic acids is 2. The van der Waals surface area contributed by atoms with Crippen LogP contribution in [-0.2, 0) is 4.74 Å². The van der Waals surface area contributed by atoms with E-state index in [2.05, 4.69) is 15.6 Å².